The maximum Gasteiger partial charge on any atom is 0.247 e. The van der Waals surface area contributed by atoms with Crippen LogP contribution in [0.3, 0.4) is 0 Å². The van der Waals surface area contributed by atoms with E-state index in [9.17, 15) is 9.18 Å². The van der Waals surface area contributed by atoms with Gasteiger partial charge in [-0.05, 0) is 61.4 Å². The molecular weight excluding hydrogens is 377 g/mol. The van der Waals surface area contributed by atoms with Crippen molar-refractivity contribution in [1.29, 1.82) is 0 Å². The Kier molecular flexibility index (Phi) is 5.23. The summed E-state index contributed by atoms with van der Waals surface area (Å²) >= 11 is 0. The number of carbonyl (C=O) groups excluding carboxylic acids is 1. The van der Waals surface area contributed by atoms with Gasteiger partial charge in [-0.3, -0.25) is 9.69 Å². The van der Waals surface area contributed by atoms with Crippen LogP contribution in [0.5, 0.6) is 0 Å². The molecule has 2 aliphatic heterocycles. The monoisotopic (exact) mass is 407 g/mol. The molecule has 1 aliphatic carbocycles. The van der Waals surface area contributed by atoms with Gasteiger partial charge in [0.15, 0.2) is 0 Å². The SMILES string of the molecule is O=C1NCN(c2ccc(F)cc2)C12CCN([C@H]1CCCC[C@H]1c1ccccc1)CC2. The molecule has 3 fully saturated rings. The summed E-state index contributed by atoms with van der Waals surface area (Å²) in [6, 6.07) is 18.0. The van der Waals surface area contributed by atoms with Crippen LogP contribution < -0.4 is 10.2 Å². The van der Waals surface area contributed by atoms with Crippen LogP contribution in [0.4, 0.5) is 10.1 Å². The van der Waals surface area contributed by atoms with Crippen LogP contribution in [0.15, 0.2) is 54.6 Å². The van der Waals surface area contributed by atoms with E-state index in [1.165, 1.54) is 43.4 Å². The van der Waals surface area contributed by atoms with Crippen LogP contribution >= 0.6 is 0 Å². The van der Waals surface area contributed by atoms with Crippen molar-refractivity contribution in [3.8, 4) is 0 Å². The molecule has 0 unspecified atom stereocenters. The van der Waals surface area contributed by atoms with E-state index in [4.69, 9.17) is 0 Å². The zero-order chi connectivity index (χ0) is 20.6. The van der Waals surface area contributed by atoms with E-state index in [2.05, 4.69) is 45.4 Å². The van der Waals surface area contributed by atoms with Crippen LogP contribution in [-0.2, 0) is 4.79 Å². The number of anilines is 1. The molecule has 0 bridgehead atoms. The van der Waals surface area contributed by atoms with Gasteiger partial charge in [0.05, 0.1) is 6.67 Å². The van der Waals surface area contributed by atoms with E-state index in [0.717, 1.165) is 31.6 Å². The van der Waals surface area contributed by atoms with E-state index in [1.54, 1.807) is 12.1 Å². The number of hydrogen-bond acceptors (Lipinski definition) is 3. The van der Waals surface area contributed by atoms with Crippen LogP contribution in [-0.4, -0.2) is 42.1 Å². The fourth-order valence-corrected chi connectivity index (χ4v) is 5.91. The second-order valence-corrected chi connectivity index (χ2v) is 9.00. The second kappa shape index (κ2) is 8.03. The standard InChI is InChI=1S/C25H30FN3O/c26-20-10-12-21(13-11-20)29-18-27-24(30)25(29)14-16-28(17-15-25)23-9-5-4-8-22(23)19-6-2-1-3-7-19/h1-3,6-7,10-13,22-23H,4-5,8-9,14-18H2,(H,27,30)/t22-,23-/m0/s1. The molecule has 2 atom stereocenters. The Morgan fingerprint density at radius 3 is 2.37 bits per heavy atom. The normalized spacial score (nSPS) is 26.7. The van der Waals surface area contributed by atoms with Crippen molar-refractivity contribution in [2.45, 2.75) is 56.0 Å². The first-order valence-corrected chi connectivity index (χ1v) is 11.3. The maximum atomic E-state index is 13.4. The quantitative estimate of drug-likeness (QED) is 0.825. The lowest BCUT2D eigenvalue weighted by Gasteiger charge is -2.48. The summed E-state index contributed by atoms with van der Waals surface area (Å²) in [6.45, 7) is 2.36. The van der Waals surface area contributed by atoms with Gasteiger partial charge < -0.3 is 10.2 Å². The lowest BCUT2D eigenvalue weighted by atomic mass is 9.77. The summed E-state index contributed by atoms with van der Waals surface area (Å²) in [6.07, 6.45) is 6.70. The Hall–Kier alpha value is -2.40. The molecule has 2 heterocycles. The third kappa shape index (κ3) is 3.39. The molecule has 30 heavy (non-hydrogen) atoms. The summed E-state index contributed by atoms with van der Waals surface area (Å²) in [5.41, 5.74) is 1.86. The molecule has 3 aliphatic rings. The van der Waals surface area contributed by atoms with Gasteiger partial charge in [-0.15, -0.1) is 0 Å². The first kappa shape index (κ1) is 19.6. The van der Waals surface area contributed by atoms with E-state index >= 15 is 0 Å². The Morgan fingerprint density at radius 2 is 1.63 bits per heavy atom. The number of nitrogens with one attached hydrogen (secondary N) is 1. The number of hydrogen-bond donors (Lipinski definition) is 1. The third-order valence-corrected chi connectivity index (χ3v) is 7.53. The predicted octanol–water partition coefficient (Wildman–Crippen LogP) is 4.28. The lowest BCUT2D eigenvalue weighted by molar-refractivity contribution is -0.125. The van der Waals surface area contributed by atoms with Gasteiger partial charge in [0.1, 0.15) is 11.4 Å². The Labute approximate surface area is 178 Å². The van der Waals surface area contributed by atoms with Crippen LogP contribution in [0.1, 0.15) is 50.0 Å². The van der Waals surface area contributed by atoms with Gasteiger partial charge in [-0.1, -0.05) is 43.2 Å². The van der Waals surface area contributed by atoms with Crippen molar-refractivity contribution in [2.24, 2.45) is 0 Å². The summed E-state index contributed by atoms with van der Waals surface area (Å²) in [5, 5.41) is 3.05. The minimum absolute atomic E-state index is 0.120. The zero-order valence-electron chi connectivity index (χ0n) is 17.4. The molecule has 158 valence electrons. The van der Waals surface area contributed by atoms with Crippen molar-refractivity contribution in [2.75, 3.05) is 24.7 Å². The van der Waals surface area contributed by atoms with E-state index in [1.807, 2.05) is 0 Å². The molecule has 2 aromatic carbocycles. The molecule has 1 amide bonds. The van der Waals surface area contributed by atoms with Gasteiger partial charge in [0.2, 0.25) is 5.91 Å². The molecule has 1 saturated carbocycles. The third-order valence-electron chi connectivity index (χ3n) is 7.53. The van der Waals surface area contributed by atoms with Gasteiger partial charge in [-0.25, -0.2) is 4.39 Å². The highest BCUT2D eigenvalue weighted by atomic mass is 19.1. The minimum atomic E-state index is -0.509. The van der Waals surface area contributed by atoms with Crippen molar-refractivity contribution in [3.05, 3.63) is 66.0 Å². The van der Waals surface area contributed by atoms with E-state index in [-0.39, 0.29) is 11.7 Å². The second-order valence-electron chi connectivity index (χ2n) is 9.00. The number of piperidine rings is 1. The summed E-state index contributed by atoms with van der Waals surface area (Å²) < 4.78 is 13.4. The molecule has 0 aromatic heterocycles. The van der Waals surface area contributed by atoms with Crippen molar-refractivity contribution in [1.82, 2.24) is 10.2 Å². The molecular formula is C25H30FN3O. The number of likely N-dealkylation sites (tertiary alicyclic amines) is 1. The summed E-state index contributed by atoms with van der Waals surface area (Å²) in [4.78, 5) is 17.7. The van der Waals surface area contributed by atoms with Crippen LogP contribution in [0.25, 0.3) is 0 Å². The van der Waals surface area contributed by atoms with Gasteiger partial charge in [-0.2, -0.15) is 0 Å². The van der Waals surface area contributed by atoms with Crippen LogP contribution in [0, 0.1) is 5.82 Å². The fourth-order valence-electron chi connectivity index (χ4n) is 5.91. The molecule has 2 saturated heterocycles. The topological polar surface area (TPSA) is 35.6 Å². The smallest absolute Gasteiger partial charge is 0.247 e. The lowest BCUT2D eigenvalue weighted by Crippen LogP contribution is -2.58. The predicted molar refractivity (Wildman–Crippen MR) is 117 cm³/mol. The Morgan fingerprint density at radius 1 is 0.933 bits per heavy atom. The number of amides is 1. The number of carbonyl (C=O) groups is 1. The Bertz CT molecular complexity index is 877. The number of nitrogens with zero attached hydrogens (tertiary/aromatic N) is 2. The molecule has 4 nitrogen and oxygen atoms in total. The molecule has 5 rings (SSSR count). The highest BCUT2D eigenvalue weighted by molar-refractivity contribution is 5.93. The molecule has 5 heteroatoms. The van der Waals surface area contributed by atoms with Crippen molar-refractivity contribution in [3.63, 3.8) is 0 Å². The summed E-state index contributed by atoms with van der Waals surface area (Å²) in [5.74, 6) is 0.458. The summed E-state index contributed by atoms with van der Waals surface area (Å²) in [7, 11) is 0. The van der Waals surface area contributed by atoms with Gasteiger partial charge in [0, 0.05) is 24.8 Å². The van der Waals surface area contributed by atoms with Crippen molar-refractivity contribution < 1.29 is 9.18 Å². The first-order valence-electron chi connectivity index (χ1n) is 11.3. The largest absolute Gasteiger partial charge is 0.339 e. The van der Waals surface area contributed by atoms with Gasteiger partial charge >= 0.3 is 0 Å². The maximum absolute atomic E-state index is 13.4. The molecule has 1 spiro atoms. The molecule has 0 radical (unpaired) electrons. The van der Waals surface area contributed by atoms with E-state index in [0.29, 0.717) is 18.6 Å². The average molecular weight is 408 g/mol. The number of benzene rings is 2. The number of halogens is 1. The fraction of sp³-hybridized carbons (Fsp3) is 0.480. The number of rotatable bonds is 3. The molecule has 1 N–H and O–H groups in total. The average Bonchev–Trinajstić information content (AvgIpc) is 3.11. The first-order chi connectivity index (χ1) is 14.7. The van der Waals surface area contributed by atoms with Crippen molar-refractivity contribution >= 4 is 11.6 Å². The minimum Gasteiger partial charge on any atom is -0.339 e. The van der Waals surface area contributed by atoms with E-state index < -0.39 is 5.54 Å². The zero-order valence-corrected chi connectivity index (χ0v) is 17.4. The molecule has 2 aromatic rings. The highest BCUT2D eigenvalue weighted by Crippen LogP contribution is 2.41. The Balaban J connectivity index is 1.34. The van der Waals surface area contributed by atoms with Crippen LogP contribution in [0.2, 0.25) is 0 Å². The highest BCUT2D eigenvalue weighted by Gasteiger charge is 2.51. The van der Waals surface area contributed by atoms with Gasteiger partial charge in [0.25, 0.3) is 0 Å².